The van der Waals surface area contributed by atoms with Gasteiger partial charge in [-0.1, -0.05) is 32.1 Å². The summed E-state index contributed by atoms with van der Waals surface area (Å²) in [5.41, 5.74) is 1.11. The molecular weight excluding hydrogens is 352 g/mol. The van der Waals surface area contributed by atoms with E-state index in [1.54, 1.807) is 11.3 Å². The fraction of sp³-hybridized carbons (Fsp3) is 0.429. The first-order chi connectivity index (χ1) is 9.91. The van der Waals surface area contributed by atoms with E-state index < -0.39 is 0 Å². The molecular formula is C14H17BrN4OS. The van der Waals surface area contributed by atoms with Crippen molar-refractivity contribution in [1.82, 2.24) is 14.6 Å². The summed E-state index contributed by atoms with van der Waals surface area (Å²) in [6.07, 6.45) is 2.82. The third-order valence-corrected chi connectivity index (χ3v) is 4.39. The van der Waals surface area contributed by atoms with E-state index in [1.165, 1.54) is 0 Å². The van der Waals surface area contributed by atoms with Gasteiger partial charge in [-0.2, -0.15) is 0 Å². The lowest BCUT2D eigenvalue weighted by Gasteiger charge is -2.13. The zero-order valence-corrected chi connectivity index (χ0v) is 14.6. The minimum absolute atomic E-state index is 0.0493. The highest BCUT2D eigenvalue weighted by Gasteiger charge is 2.19. The molecule has 0 spiro atoms. The molecule has 3 aromatic rings. The average molecular weight is 369 g/mol. The fourth-order valence-electron chi connectivity index (χ4n) is 1.91. The van der Waals surface area contributed by atoms with Crippen molar-refractivity contribution in [2.45, 2.75) is 32.6 Å². The summed E-state index contributed by atoms with van der Waals surface area (Å²) < 4.78 is 8.07. The number of hydrogen-bond donors (Lipinski definition) is 1. The number of furan rings is 1. The van der Waals surface area contributed by atoms with Gasteiger partial charge in [0.25, 0.3) is 0 Å². The van der Waals surface area contributed by atoms with Crippen LogP contribution in [0.15, 0.2) is 27.4 Å². The maximum atomic E-state index is 5.46. The average Bonchev–Trinajstić information content (AvgIpc) is 3.02. The molecule has 0 aliphatic carbocycles. The second kappa shape index (κ2) is 5.46. The van der Waals surface area contributed by atoms with Gasteiger partial charge in [-0.15, -0.1) is 5.10 Å². The molecule has 7 heteroatoms. The van der Waals surface area contributed by atoms with Crippen molar-refractivity contribution in [1.29, 1.82) is 0 Å². The third-order valence-electron chi connectivity index (χ3n) is 3.09. The molecule has 0 saturated heterocycles. The molecule has 0 aliphatic heterocycles. The molecule has 0 radical (unpaired) electrons. The Kier molecular flexibility index (Phi) is 3.79. The minimum atomic E-state index is 0.0493. The lowest BCUT2D eigenvalue weighted by molar-refractivity contribution is 0.491. The largest absolute Gasteiger partial charge is 0.454 e. The van der Waals surface area contributed by atoms with Gasteiger partial charge in [0.1, 0.15) is 5.76 Å². The van der Waals surface area contributed by atoms with Gasteiger partial charge in [-0.25, -0.2) is 9.50 Å². The lowest BCUT2D eigenvalue weighted by atomic mass is 9.93. The molecule has 0 bridgehead atoms. The van der Waals surface area contributed by atoms with Gasteiger partial charge in [0.05, 0.1) is 11.9 Å². The molecule has 3 rings (SSSR count). The van der Waals surface area contributed by atoms with Gasteiger partial charge in [-0.05, 0) is 28.1 Å². The monoisotopic (exact) mass is 368 g/mol. The lowest BCUT2D eigenvalue weighted by Crippen LogP contribution is -2.11. The summed E-state index contributed by atoms with van der Waals surface area (Å²) in [5, 5.41) is 8.69. The van der Waals surface area contributed by atoms with E-state index >= 15 is 0 Å². The Bertz CT molecular complexity index is 721. The number of rotatable bonds is 4. The Morgan fingerprint density at radius 3 is 2.81 bits per heavy atom. The van der Waals surface area contributed by atoms with Crippen molar-refractivity contribution in [2.75, 3.05) is 11.9 Å². The highest BCUT2D eigenvalue weighted by Crippen LogP contribution is 2.25. The number of nitrogens with one attached hydrogen (secondary N) is 1. The van der Waals surface area contributed by atoms with Crippen LogP contribution in [0, 0.1) is 0 Å². The molecule has 0 aromatic carbocycles. The molecule has 21 heavy (non-hydrogen) atoms. The third kappa shape index (κ3) is 3.29. The maximum Gasteiger partial charge on any atom is 0.214 e. The van der Waals surface area contributed by atoms with Crippen LogP contribution in [-0.2, 0) is 11.8 Å². The Labute approximate surface area is 135 Å². The van der Waals surface area contributed by atoms with Crippen LogP contribution in [0.5, 0.6) is 0 Å². The van der Waals surface area contributed by atoms with Crippen molar-refractivity contribution in [3.8, 4) is 0 Å². The van der Waals surface area contributed by atoms with Crippen molar-refractivity contribution in [2.24, 2.45) is 0 Å². The van der Waals surface area contributed by atoms with Crippen molar-refractivity contribution in [3.05, 3.63) is 34.5 Å². The quantitative estimate of drug-likeness (QED) is 0.752. The van der Waals surface area contributed by atoms with Gasteiger partial charge in [0, 0.05) is 18.4 Å². The zero-order valence-electron chi connectivity index (χ0n) is 12.2. The highest BCUT2D eigenvalue weighted by molar-refractivity contribution is 9.10. The molecule has 3 heterocycles. The summed E-state index contributed by atoms with van der Waals surface area (Å²) in [6, 6.07) is 3.87. The van der Waals surface area contributed by atoms with Crippen LogP contribution < -0.4 is 5.32 Å². The molecule has 0 amide bonds. The van der Waals surface area contributed by atoms with Crippen LogP contribution in [0.4, 0.5) is 5.13 Å². The van der Waals surface area contributed by atoms with E-state index in [0.717, 1.165) is 39.2 Å². The summed E-state index contributed by atoms with van der Waals surface area (Å²) in [4.78, 5) is 5.55. The number of hydrogen-bond acceptors (Lipinski definition) is 5. The van der Waals surface area contributed by atoms with Crippen LogP contribution in [0.2, 0.25) is 0 Å². The number of anilines is 1. The first kappa shape index (κ1) is 14.6. The molecule has 0 saturated carbocycles. The van der Waals surface area contributed by atoms with E-state index in [1.807, 2.05) is 22.8 Å². The molecule has 3 aromatic heterocycles. The number of aromatic nitrogens is 3. The second-order valence-corrected chi connectivity index (χ2v) is 7.63. The molecule has 0 fully saturated rings. The minimum Gasteiger partial charge on any atom is -0.454 e. The normalized spacial score (nSPS) is 12.2. The molecule has 0 atom stereocenters. The smallest absolute Gasteiger partial charge is 0.214 e. The van der Waals surface area contributed by atoms with E-state index in [0.29, 0.717) is 0 Å². The number of imidazole rings is 1. The molecule has 1 N–H and O–H groups in total. The van der Waals surface area contributed by atoms with E-state index in [4.69, 9.17) is 4.42 Å². The van der Waals surface area contributed by atoms with Crippen LogP contribution in [0.3, 0.4) is 0 Å². The Morgan fingerprint density at radius 2 is 2.19 bits per heavy atom. The number of nitrogens with zero attached hydrogens (tertiary/aromatic N) is 3. The molecule has 0 aliphatic rings. The highest BCUT2D eigenvalue weighted by atomic mass is 79.9. The van der Waals surface area contributed by atoms with Crippen molar-refractivity contribution in [3.63, 3.8) is 0 Å². The van der Waals surface area contributed by atoms with Gasteiger partial charge in [-0.3, -0.25) is 0 Å². The van der Waals surface area contributed by atoms with Gasteiger partial charge < -0.3 is 9.73 Å². The predicted molar refractivity (Wildman–Crippen MR) is 88.2 cm³/mol. The van der Waals surface area contributed by atoms with Crippen molar-refractivity contribution >= 4 is 37.4 Å². The Hall–Kier alpha value is -1.34. The predicted octanol–water partition coefficient (Wildman–Crippen LogP) is 4.10. The SMILES string of the molecule is CC(C)(C)c1cn2nc(NCCc3ccc(Br)o3)sc2n1. The zero-order chi connectivity index (χ0) is 15.0. The van der Waals surface area contributed by atoms with Crippen LogP contribution in [0.25, 0.3) is 4.96 Å². The van der Waals surface area contributed by atoms with Gasteiger partial charge in [0.15, 0.2) is 4.67 Å². The first-order valence-corrected chi connectivity index (χ1v) is 8.37. The Morgan fingerprint density at radius 1 is 1.38 bits per heavy atom. The number of halogens is 1. The fourth-order valence-corrected chi connectivity index (χ4v) is 3.06. The van der Waals surface area contributed by atoms with E-state index in [2.05, 4.69) is 52.1 Å². The van der Waals surface area contributed by atoms with Gasteiger partial charge in [0.2, 0.25) is 10.1 Å². The maximum absolute atomic E-state index is 5.46. The van der Waals surface area contributed by atoms with Crippen LogP contribution >= 0.6 is 27.3 Å². The summed E-state index contributed by atoms with van der Waals surface area (Å²) in [5.74, 6) is 0.950. The van der Waals surface area contributed by atoms with Crippen molar-refractivity contribution < 1.29 is 4.42 Å². The number of fused-ring (bicyclic) bond motifs is 1. The van der Waals surface area contributed by atoms with Crippen LogP contribution in [0.1, 0.15) is 32.2 Å². The van der Waals surface area contributed by atoms with E-state index in [9.17, 15) is 0 Å². The summed E-state index contributed by atoms with van der Waals surface area (Å²) in [7, 11) is 0. The van der Waals surface area contributed by atoms with Crippen LogP contribution in [-0.4, -0.2) is 21.1 Å². The molecule has 0 unspecified atom stereocenters. The summed E-state index contributed by atoms with van der Waals surface area (Å²) >= 11 is 4.87. The molecule has 112 valence electrons. The van der Waals surface area contributed by atoms with Gasteiger partial charge >= 0.3 is 0 Å². The van der Waals surface area contributed by atoms with E-state index in [-0.39, 0.29) is 5.41 Å². The summed E-state index contributed by atoms with van der Waals surface area (Å²) in [6.45, 7) is 7.24. The second-order valence-electron chi connectivity index (χ2n) is 5.89. The standard InChI is InChI=1S/C14H17BrN4OS/c1-14(2,3)10-8-19-13(17-10)21-12(18-19)16-7-6-9-4-5-11(15)20-9/h4-5,8H,6-7H2,1-3H3,(H,16,18). The molecule has 5 nitrogen and oxygen atoms in total. The Balaban J connectivity index is 1.64. The first-order valence-electron chi connectivity index (χ1n) is 6.76. The topological polar surface area (TPSA) is 55.4 Å².